The molecule has 3 heteroatoms. The maximum Gasteiger partial charge on any atom is 0.0887 e. The van der Waals surface area contributed by atoms with E-state index in [0.717, 1.165) is 66.2 Å². The zero-order chi connectivity index (χ0) is 40.1. The van der Waals surface area contributed by atoms with E-state index in [2.05, 4.69) is 179 Å². The lowest BCUT2D eigenvalue weighted by atomic mass is 9.95. The van der Waals surface area contributed by atoms with Crippen molar-refractivity contribution in [3.63, 3.8) is 0 Å². The molecule has 6 aromatic rings. The first kappa shape index (κ1) is 41.8. The molecular formula is C54H63ClN2. The molecule has 0 spiro atoms. The number of hydrogen-bond acceptors (Lipinski definition) is 2. The molecule has 0 aliphatic carbocycles. The zero-order valence-electron chi connectivity index (χ0n) is 35.4. The number of benzene rings is 6. The Hall–Kier alpha value is -4.79. The molecule has 2 nitrogen and oxygen atoms in total. The smallest absolute Gasteiger partial charge is 0.0887 e. The van der Waals surface area contributed by atoms with Crippen LogP contribution in [0.15, 0.2) is 127 Å². The van der Waals surface area contributed by atoms with Gasteiger partial charge in [-0.2, -0.15) is 0 Å². The Morgan fingerprint density at radius 1 is 0.404 bits per heavy atom. The fourth-order valence-electron chi connectivity index (χ4n) is 7.94. The van der Waals surface area contributed by atoms with Crippen LogP contribution in [0.25, 0.3) is 11.1 Å². The molecule has 0 bridgehead atoms. The normalized spacial score (nSPS) is 11.2. The van der Waals surface area contributed by atoms with Gasteiger partial charge < -0.3 is 9.80 Å². The van der Waals surface area contributed by atoms with Gasteiger partial charge in [-0.05, 0) is 154 Å². The van der Waals surface area contributed by atoms with Crippen molar-refractivity contribution >= 4 is 45.7 Å². The summed E-state index contributed by atoms with van der Waals surface area (Å²) in [4.78, 5) is 4.73. The van der Waals surface area contributed by atoms with Gasteiger partial charge >= 0.3 is 0 Å². The zero-order valence-corrected chi connectivity index (χ0v) is 36.1. The van der Waals surface area contributed by atoms with Gasteiger partial charge in [-0.25, -0.2) is 0 Å². The van der Waals surface area contributed by atoms with Crippen LogP contribution in [0.4, 0.5) is 34.1 Å². The molecular weight excluding hydrogens is 712 g/mol. The van der Waals surface area contributed by atoms with Crippen LogP contribution in [0.5, 0.6) is 0 Å². The Labute approximate surface area is 349 Å². The van der Waals surface area contributed by atoms with Crippen molar-refractivity contribution in [1.29, 1.82) is 0 Å². The van der Waals surface area contributed by atoms with E-state index >= 15 is 0 Å². The summed E-state index contributed by atoms with van der Waals surface area (Å²) < 4.78 is 0. The molecule has 296 valence electrons. The number of unbranched alkanes of at least 4 members (excludes halogenated alkanes) is 4. The van der Waals surface area contributed by atoms with Gasteiger partial charge in [0.25, 0.3) is 0 Å². The Balaban J connectivity index is 1.56. The van der Waals surface area contributed by atoms with Crippen LogP contribution >= 0.6 is 11.6 Å². The highest BCUT2D eigenvalue weighted by atomic mass is 35.5. The molecule has 0 aromatic heterocycles. The Bertz CT molecular complexity index is 2090. The lowest BCUT2D eigenvalue weighted by molar-refractivity contribution is 0.795. The largest absolute Gasteiger partial charge is 0.309 e. The van der Waals surface area contributed by atoms with Gasteiger partial charge in [0.05, 0.1) is 22.1 Å². The van der Waals surface area contributed by atoms with Crippen LogP contribution in [-0.4, -0.2) is 0 Å². The minimum Gasteiger partial charge on any atom is -0.309 e. The van der Waals surface area contributed by atoms with Crippen LogP contribution in [0.1, 0.15) is 112 Å². The van der Waals surface area contributed by atoms with Crippen LogP contribution < -0.4 is 9.80 Å². The average molecular weight is 776 g/mol. The molecule has 0 N–H and O–H groups in total. The lowest BCUT2D eigenvalue weighted by Crippen LogP contribution is -2.15. The van der Waals surface area contributed by atoms with Crippen molar-refractivity contribution in [2.75, 3.05) is 9.80 Å². The molecule has 0 unspecified atom stereocenters. The average Bonchev–Trinajstić information content (AvgIpc) is 3.23. The van der Waals surface area contributed by atoms with Gasteiger partial charge in [-0.3, -0.25) is 0 Å². The molecule has 0 fully saturated rings. The fraction of sp³-hybridized carbons (Fsp3) is 0.333. The third-order valence-corrected chi connectivity index (χ3v) is 11.5. The highest BCUT2D eigenvalue weighted by Crippen LogP contribution is 2.49. The summed E-state index contributed by atoms with van der Waals surface area (Å²) in [5.41, 5.74) is 16.7. The number of rotatable bonds is 19. The number of hydrogen-bond donors (Lipinski definition) is 0. The van der Waals surface area contributed by atoms with Crippen LogP contribution in [0.2, 0.25) is 5.02 Å². The van der Waals surface area contributed by atoms with Gasteiger partial charge in [0.15, 0.2) is 0 Å². The second-order valence-electron chi connectivity index (χ2n) is 15.9. The Morgan fingerprint density at radius 3 is 1.23 bits per heavy atom. The second-order valence-corrected chi connectivity index (χ2v) is 16.3. The van der Waals surface area contributed by atoms with Gasteiger partial charge in [-0.15, -0.1) is 0 Å². The maximum absolute atomic E-state index is 7.86. The highest BCUT2D eigenvalue weighted by Gasteiger charge is 2.24. The van der Waals surface area contributed by atoms with Crippen molar-refractivity contribution in [2.45, 2.75) is 119 Å². The molecule has 0 aliphatic rings. The minimum absolute atomic E-state index is 0.708. The van der Waals surface area contributed by atoms with Crippen molar-refractivity contribution < 1.29 is 0 Å². The predicted octanol–water partition coefficient (Wildman–Crippen LogP) is 16.9. The molecule has 0 aliphatic heterocycles. The van der Waals surface area contributed by atoms with E-state index in [0.29, 0.717) is 5.02 Å². The summed E-state index contributed by atoms with van der Waals surface area (Å²) in [6, 6.07) is 47.9. The van der Waals surface area contributed by atoms with E-state index in [1.165, 1.54) is 89.5 Å². The molecule has 57 heavy (non-hydrogen) atoms. The quantitative estimate of drug-likeness (QED) is 0.0809. The second kappa shape index (κ2) is 20.6. The minimum atomic E-state index is 0.708. The molecule has 6 aromatic carbocycles. The monoisotopic (exact) mass is 774 g/mol. The number of anilines is 6. The molecule has 0 heterocycles. The van der Waals surface area contributed by atoms with Crippen molar-refractivity contribution in [3.05, 3.63) is 166 Å². The van der Waals surface area contributed by atoms with Crippen molar-refractivity contribution in [1.82, 2.24) is 0 Å². The first-order valence-corrected chi connectivity index (χ1v) is 22.1. The van der Waals surface area contributed by atoms with Gasteiger partial charge in [0.1, 0.15) is 0 Å². The standard InChI is InChI=1S/C54H63ClN2/c1-7-11-16-42-22-29-47(30-23-42)56(48-31-24-43(25-32-48)17-12-8-2)52-20-15-21-53(54(52)55)57(49-33-26-44(27-34-49)18-13-9-3)51-35-28-45(19-14-10-4)39-50(51)46-37-40(5)36-41(6)38-46/h15,20-39H,7-14,16-19H2,1-6H3. The topological polar surface area (TPSA) is 6.48 Å². The number of halogens is 1. The lowest BCUT2D eigenvalue weighted by Gasteiger charge is -2.32. The van der Waals surface area contributed by atoms with Gasteiger partial charge in [0, 0.05) is 22.6 Å². The van der Waals surface area contributed by atoms with Crippen LogP contribution in [0.3, 0.4) is 0 Å². The Kier molecular flexibility index (Phi) is 15.1. The van der Waals surface area contributed by atoms with E-state index in [1.807, 2.05) is 0 Å². The molecule has 0 amide bonds. The molecule has 0 saturated heterocycles. The highest BCUT2D eigenvalue weighted by molar-refractivity contribution is 6.36. The molecule has 0 atom stereocenters. The van der Waals surface area contributed by atoms with Crippen LogP contribution in [-0.2, 0) is 25.7 Å². The summed E-state index contributed by atoms with van der Waals surface area (Å²) in [5.74, 6) is 0. The Morgan fingerprint density at radius 2 is 0.789 bits per heavy atom. The number of aryl methyl sites for hydroxylation is 6. The predicted molar refractivity (Wildman–Crippen MR) is 250 cm³/mol. The number of nitrogens with zero attached hydrogens (tertiary/aromatic N) is 2. The summed E-state index contributed by atoms with van der Waals surface area (Å²) in [6.45, 7) is 13.4. The van der Waals surface area contributed by atoms with E-state index in [1.54, 1.807) is 0 Å². The van der Waals surface area contributed by atoms with Crippen LogP contribution in [0, 0.1) is 13.8 Å². The maximum atomic E-state index is 7.86. The van der Waals surface area contributed by atoms with Gasteiger partial charge in [0.2, 0.25) is 0 Å². The van der Waals surface area contributed by atoms with E-state index in [4.69, 9.17) is 11.6 Å². The fourth-order valence-corrected chi connectivity index (χ4v) is 8.24. The van der Waals surface area contributed by atoms with E-state index in [9.17, 15) is 0 Å². The first-order valence-electron chi connectivity index (χ1n) is 21.7. The van der Waals surface area contributed by atoms with Crippen molar-refractivity contribution in [3.8, 4) is 11.1 Å². The summed E-state index contributed by atoms with van der Waals surface area (Å²) >= 11 is 7.86. The van der Waals surface area contributed by atoms with Crippen molar-refractivity contribution in [2.24, 2.45) is 0 Å². The SMILES string of the molecule is CCCCc1ccc(N(c2ccc(CCCC)cc2)c2cccc(N(c3ccc(CCCC)cc3)c3ccc(CCCC)cc3-c3cc(C)cc(C)c3)c2Cl)cc1. The third-order valence-electron chi connectivity index (χ3n) is 11.1. The van der Waals surface area contributed by atoms with E-state index < -0.39 is 0 Å². The summed E-state index contributed by atoms with van der Waals surface area (Å²) in [7, 11) is 0. The third kappa shape index (κ3) is 10.6. The summed E-state index contributed by atoms with van der Waals surface area (Å²) in [6.07, 6.45) is 13.8. The molecule has 0 radical (unpaired) electrons. The van der Waals surface area contributed by atoms with Gasteiger partial charge in [-0.1, -0.05) is 143 Å². The first-order chi connectivity index (χ1) is 27.8. The summed E-state index contributed by atoms with van der Waals surface area (Å²) in [5, 5.41) is 0.708. The molecule has 6 rings (SSSR count). The molecule has 0 saturated carbocycles. The van der Waals surface area contributed by atoms with E-state index in [-0.39, 0.29) is 0 Å².